The van der Waals surface area contributed by atoms with Crippen LogP contribution in [-0.2, 0) is 31.6 Å². The summed E-state index contributed by atoms with van der Waals surface area (Å²) in [6.07, 6.45) is -1.11. The monoisotopic (exact) mass is 567 g/mol. The molecule has 20 heteroatoms. The van der Waals surface area contributed by atoms with Gasteiger partial charge in [0.25, 0.3) is 0 Å². The fraction of sp³-hybridized carbons (Fsp3) is 0.733. The fourth-order valence-corrected chi connectivity index (χ4v) is 6.07. The second-order valence-corrected chi connectivity index (χ2v) is 11.8. The standard InChI is InChI=1S/C15H28N3O14P3/c1-2-3-4-5-7-16-11-6-8-18(15(21)17-11)14-13(20)12(19)10(30-14)9-29-34(25,26)32-35(27,28)31-33(22,23)24/h6,8,10,12-14,19-20H,2-5,7,9H2,1H3,(H,25,26)(H,27,28)(H,16,17,21)(H2,22,23,24)/t10-,12-,13-,14-/m1/s1. The van der Waals surface area contributed by atoms with Gasteiger partial charge in [0.05, 0.1) is 6.61 Å². The smallest absolute Gasteiger partial charge is 0.387 e. The number of phosphoric ester groups is 1. The number of unbranched alkanes of at least 4 members (excludes halogenated alkanes) is 3. The molecular weight excluding hydrogens is 539 g/mol. The molecule has 35 heavy (non-hydrogen) atoms. The molecule has 0 radical (unpaired) electrons. The van der Waals surface area contributed by atoms with Gasteiger partial charge in [-0.3, -0.25) is 9.09 Å². The summed E-state index contributed by atoms with van der Waals surface area (Å²) in [5.74, 6) is 0.292. The Labute approximate surface area is 199 Å². The number of aromatic nitrogens is 2. The molecule has 1 saturated heterocycles. The molecule has 0 amide bonds. The van der Waals surface area contributed by atoms with Crippen LogP contribution in [0, 0.1) is 0 Å². The van der Waals surface area contributed by atoms with Crippen LogP contribution in [0.2, 0.25) is 0 Å². The zero-order chi connectivity index (χ0) is 26.4. The van der Waals surface area contributed by atoms with Gasteiger partial charge in [-0.15, -0.1) is 0 Å². The highest BCUT2D eigenvalue weighted by atomic mass is 31.3. The SMILES string of the molecule is CCCCCCNc1ccn([C@@H]2O[C@H](COP(=O)(O)OP(=O)(O)OP(=O)(O)O)[C@@H](O)[C@H]2O)c(=O)n1. The molecule has 0 saturated carbocycles. The summed E-state index contributed by atoms with van der Waals surface area (Å²) in [6.45, 7) is 1.68. The van der Waals surface area contributed by atoms with Gasteiger partial charge in [0.15, 0.2) is 6.23 Å². The van der Waals surface area contributed by atoms with Crippen molar-refractivity contribution in [3.63, 3.8) is 0 Å². The summed E-state index contributed by atoms with van der Waals surface area (Å²) in [7, 11) is -16.8. The van der Waals surface area contributed by atoms with Crippen molar-refractivity contribution in [2.75, 3.05) is 18.5 Å². The van der Waals surface area contributed by atoms with Crippen molar-refractivity contribution in [3.05, 3.63) is 22.7 Å². The van der Waals surface area contributed by atoms with E-state index in [9.17, 15) is 33.6 Å². The Hall–Kier alpha value is -1.03. The molecule has 1 fully saturated rings. The maximum Gasteiger partial charge on any atom is 0.490 e. The quantitative estimate of drug-likeness (QED) is 0.117. The zero-order valence-electron chi connectivity index (χ0n) is 18.4. The van der Waals surface area contributed by atoms with Gasteiger partial charge in [-0.1, -0.05) is 26.2 Å². The lowest BCUT2D eigenvalue weighted by atomic mass is 10.1. The van der Waals surface area contributed by atoms with Gasteiger partial charge < -0.3 is 39.8 Å². The van der Waals surface area contributed by atoms with Gasteiger partial charge >= 0.3 is 29.2 Å². The van der Waals surface area contributed by atoms with Crippen LogP contribution in [0.15, 0.2) is 17.1 Å². The van der Waals surface area contributed by atoms with Crippen LogP contribution in [0.3, 0.4) is 0 Å². The van der Waals surface area contributed by atoms with E-state index in [2.05, 4.69) is 30.4 Å². The molecule has 0 bridgehead atoms. The third kappa shape index (κ3) is 9.74. The summed E-state index contributed by atoms with van der Waals surface area (Å²) < 4.78 is 51.6. The first-order chi connectivity index (χ1) is 16.1. The molecule has 2 rings (SSSR count). The van der Waals surface area contributed by atoms with E-state index in [1.54, 1.807) is 0 Å². The fourth-order valence-electron chi connectivity index (χ4n) is 3.04. The van der Waals surface area contributed by atoms with Gasteiger partial charge in [0, 0.05) is 12.7 Å². The van der Waals surface area contributed by atoms with Gasteiger partial charge in [0.1, 0.15) is 24.1 Å². The number of hydrogen-bond acceptors (Lipinski definition) is 12. The molecule has 7 N–H and O–H groups in total. The number of rotatable bonds is 14. The average Bonchev–Trinajstić information content (AvgIpc) is 2.98. The van der Waals surface area contributed by atoms with E-state index in [0.717, 1.165) is 30.3 Å². The first kappa shape index (κ1) is 30.2. The zero-order valence-corrected chi connectivity index (χ0v) is 21.1. The number of phosphoric acid groups is 3. The summed E-state index contributed by atoms with van der Waals surface area (Å²) in [4.78, 5) is 51.9. The third-order valence-corrected chi connectivity index (χ3v) is 8.40. The largest absolute Gasteiger partial charge is 0.490 e. The summed E-state index contributed by atoms with van der Waals surface area (Å²) in [6, 6.07) is 1.45. The van der Waals surface area contributed by atoms with Crippen LogP contribution >= 0.6 is 23.5 Å². The molecule has 17 nitrogen and oxygen atoms in total. The van der Waals surface area contributed by atoms with E-state index in [0.29, 0.717) is 12.4 Å². The number of nitrogens with one attached hydrogen (secondary N) is 1. The average molecular weight is 567 g/mol. The predicted octanol–water partition coefficient (Wildman–Crippen LogP) is 0.198. The minimum absolute atomic E-state index is 0.292. The Bertz CT molecular complexity index is 1050. The molecule has 1 aromatic heterocycles. The van der Waals surface area contributed by atoms with Crippen molar-refractivity contribution in [3.8, 4) is 0 Å². The highest BCUT2D eigenvalue weighted by molar-refractivity contribution is 7.66. The maximum absolute atomic E-state index is 12.4. The number of anilines is 1. The number of aliphatic hydroxyl groups excluding tert-OH is 2. The number of aliphatic hydroxyl groups is 2. The molecule has 0 aromatic carbocycles. The highest BCUT2D eigenvalue weighted by Crippen LogP contribution is 2.66. The lowest BCUT2D eigenvalue weighted by Crippen LogP contribution is -2.36. The lowest BCUT2D eigenvalue weighted by Gasteiger charge is -2.19. The van der Waals surface area contributed by atoms with Crippen molar-refractivity contribution in [1.29, 1.82) is 0 Å². The maximum atomic E-state index is 12.4. The predicted molar refractivity (Wildman–Crippen MR) is 117 cm³/mol. The van der Waals surface area contributed by atoms with E-state index in [-0.39, 0.29) is 0 Å². The van der Waals surface area contributed by atoms with Gasteiger partial charge in [-0.05, 0) is 12.5 Å². The molecule has 6 atom stereocenters. The molecule has 0 spiro atoms. The van der Waals surface area contributed by atoms with Gasteiger partial charge in [0.2, 0.25) is 0 Å². The van der Waals surface area contributed by atoms with Crippen molar-refractivity contribution in [1.82, 2.24) is 9.55 Å². The van der Waals surface area contributed by atoms with Gasteiger partial charge in [-0.2, -0.15) is 13.6 Å². The number of ether oxygens (including phenoxy) is 1. The third-order valence-electron chi connectivity index (χ3n) is 4.60. The molecule has 1 aliphatic heterocycles. The topological polar surface area (TPSA) is 256 Å². The van der Waals surface area contributed by atoms with E-state index < -0.39 is 60.3 Å². The van der Waals surface area contributed by atoms with Crippen LogP contribution in [0.5, 0.6) is 0 Å². The molecule has 2 heterocycles. The summed E-state index contributed by atoms with van der Waals surface area (Å²) >= 11 is 0. The minimum Gasteiger partial charge on any atom is -0.387 e. The van der Waals surface area contributed by atoms with Crippen molar-refractivity contribution in [2.45, 2.75) is 57.1 Å². The van der Waals surface area contributed by atoms with Crippen LogP contribution in [0.4, 0.5) is 5.82 Å². The van der Waals surface area contributed by atoms with Crippen LogP contribution in [0.1, 0.15) is 38.8 Å². The molecule has 202 valence electrons. The highest BCUT2D eigenvalue weighted by Gasteiger charge is 2.46. The summed E-state index contributed by atoms with van der Waals surface area (Å²) in [5.41, 5.74) is -0.826. The molecule has 0 aliphatic carbocycles. The molecule has 2 unspecified atom stereocenters. The second kappa shape index (κ2) is 12.5. The van der Waals surface area contributed by atoms with E-state index in [1.807, 2.05) is 0 Å². The van der Waals surface area contributed by atoms with Crippen molar-refractivity contribution < 1.29 is 61.4 Å². The Morgan fingerprint density at radius 1 is 1.06 bits per heavy atom. The Morgan fingerprint density at radius 2 is 1.74 bits per heavy atom. The van der Waals surface area contributed by atoms with Crippen molar-refractivity contribution in [2.24, 2.45) is 0 Å². The van der Waals surface area contributed by atoms with E-state index in [1.165, 1.54) is 12.3 Å². The van der Waals surface area contributed by atoms with E-state index >= 15 is 0 Å². The summed E-state index contributed by atoms with van der Waals surface area (Å²) in [5, 5.41) is 23.4. The molecule has 1 aromatic rings. The van der Waals surface area contributed by atoms with Gasteiger partial charge in [-0.25, -0.2) is 18.5 Å². The molecular formula is C15H28N3O14P3. The second-order valence-electron chi connectivity index (χ2n) is 7.42. The van der Waals surface area contributed by atoms with E-state index in [4.69, 9.17) is 19.4 Å². The molecule has 1 aliphatic rings. The van der Waals surface area contributed by atoms with Crippen LogP contribution in [-0.4, -0.2) is 70.8 Å². The first-order valence-electron chi connectivity index (χ1n) is 10.3. The Kier molecular flexibility index (Phi) is 10.8. The Morgan fingerprint density at radius 3 is 2.34 bits per heavy atom. The lowest BCUT2D eigenvalue weighted by molar-refractivity contribution is -0.0541. The number of hydrogen-bond donors (Lipinski definition) is 7. The normalized spacial score (nSPS) is 26.3. The van der Waals surface area contributed by atoms with Crippen LogP contribution in [0.25, 0.3) is 0 Å². The number of nitrogens with zero attached hydrogens (tertiary/aromatic N) is 2. The van der Waals surface area contributed by atoms with Crippen LogP contribution < -0.4 is 11.0 Å². The Balaban J connectivity index is 1.98. The first-order valence-corrected chi connectivity index (χ1v) is 14.8. The minimum atomic E-state index is -5.72. The van der Waals surface area contributed by atoms with Crippen molar-refractivity contribution >= 4 is 29.3 Å².